The summed E-state index contributed by atoms with van der Waals surface area (Å²) < 4.78 is 5.06. The molecule has 1 heterocycles. The minimum atomic E-state index is -0.760. The maximum Gasteiger partial charge on any atom is 0.194 e. The molecule has 0 saturated heterocycles. The highest BCUT2D eigenvalue weighted by Crippen LogP contribution is 2.28. The lowest BCUT2D eigenvalue weighted by Crippen LogP contribution is -2.11. The molecule has 0 radical (unpaired) electrons. The monoisotopic (exact) mass is 271 g/mol. The van der Waals surface area contributed by atoms with Crippen LogP contribution in [0.5, 0.6) is 5.75 Å². The Morgan fingerprint density at radius 2 is 2.16 bits per heavy atom. The fourth-order valence-electron chi connectivity index (χ4n) is 1.88. The van der Waals surface area contributed by atoms with Crippen molar-refractivity contribution in [3.05, 3.63) is 51.7 Å². The number of ether oxygens (including phenoxy) is 1. The first kappa shape index (κ1) is 13.3. The smallest absolute Gasteiger partial charge is 0.194 e. The number of nitrogens with zero attached hydrogens (tertiary/aromatic N) is 1. The molecule has 1 unspecified atom stereocenters. The van der Waals surface area contributed by atoms with E-state index in [2.05, 4.69) is 6.07 Å². The Kier molecular flexibility index (Phi) is 3.98. The number of carbonyl (C=O) groups excluding carboxylic acids is 1. The summed E-state index contributed by atoms with van der Waals surface area (Å²) in [5.41, 5.74) is 1.72. The highest BCUT2D eigenvalue weighted by Gasteiger charge is 2.24. The quantitative estimate of drug-likeness (QED) is 0.799. The molecule has 0 fully saturated rings. The van der Waals surface area contributed by atoms with Crippen LogP contribution in [0.25, 0.3) is 0 Å². The maximum atomic E-state index is 12.4. The van der Waals surface area contributed by atoms with Gasteiger partial charge >= 0.3 is 0 Å². The van der Waals surface area contributed by atoms with E-state index in [9.17, 15) is 10.1 Å². The van der Waals surface area contributed by atoms with Crippen LogP contribution in [0.15, 0.2) is 35.7 Å². The van der Waals surface area contributed by atoms with E-state index in [0.29, 0.717) is 10.6 Å². The summed E-state index contributed by atoms with van der Waals surface area (Å²) in [4.78, 5) is 12.9. The van der Waals surface area contributed by atoms with Gasteiger partial charge in [-0.2, -0.15) is 5.26 Å². The lowest BCUT2D eigenvalue weighted by Gasteiger charge is -2.10. The molecule has 1 atom stereocenters. The molecule has 1 aromatic heterocycles. The van der Waals surface area contributed by atoms with Crippen molar-refractivity contribution < 1.29 is 9.53 Å². The summed E-state index contributed by atoms with van der Waals surface area (Å²) in [6.45, 7) is 1.90. The molecule has 0 bridgehead atoms. The van der Waals surface area contributed by atoms with Crippen molar-refractivity contribution in [2.45, 2.75) is 12.8 Å². The zero-order chi connectivity index (χ0) is 13.8. The number of rotatable bonds is 4. The van der Waals surface area contributed by atoms with Gasteiger partial charge in [0.05, 0.1) is 18.1 Å². The largest absolute Gasteiger partial charge is 0.496 e. The van der Waals surface area contributed by atoms with Gasteiger partial charge in [-0.25, -0.2) is 0 Å². The van der Waals surface area contributed by atoms with E-state index in [4.69, 9.17) is 4.74 Å². The fourth-order valence-corrected chi connectivity index (χ4v) is 2.70. The number of aryl methyl sites for hydroxylation is 1. The van der Waals surface area contributed by atoms with Crippen LogP contribution in [-0.2, 0) is 0 Å². The van der Waals surface area contributed by atoms with Crippen molar-refractivity contribution >= 4 is 17.1 Å². The van der Waals surface area contributed by atoms with Gasteiger partial charge < -0.3 is 4.74 Å². The van der Waals surface area contributed by atoms with E-state index in [1.165, 1.54) is 11.3 Å². The van der Waals surface area contributed by atoms with Gasteiger partial charge in [-0.05, 0) is 18.1 Å². The fraction of sp³-hybridized carbons (Fsp3) is 0.200. The third-order valence-electron chi connectivity index (χ3n) is 2.94. The Morgan fingerprint density at radius 1 is 1.42 bits per heavy atom. The number of thiophene rings is 1. The van der Waals surface area contributed by atoms with Crippen LogP contribution in [0.3, 0.4) is 0 Å². The van der Waals surface area contributed by atoms with E-state index in [1.54, 1.807) is 18.6 Å². The number of carbonyl (C=O) groups is 1. The molecule has 96 valence electrons. The van der Waals surface area contributed by atoms with Gasteiger partial charge in [-0.15, -0.1) is 11.3 Å². The first-order valence-corrected chi connectivity index (χ1v) is 6.67. The average molecular weight is 271 g/mol. The van der Waals surface area contributed by atoms with Gasteiger partial charge in [0.2, 0.25) is 0 Å². The van der Waals surface area contributed by atoms with Crippen molar-refractivity contribution in [1.82, 2.24) is 0 Å². The van der Waals surface area contributed by atoms with Crippen LogP contribution >= 0.6 is 11.3 Å². The van der Waals surface area contributed by atoms with Crippen molar-refractivity contribution in [2.75, 3.05) is 7.11 Å². The van der Waals surface area contributed by atoms with Gasteiger partial charge in [-0.3, -0.25) is 4.79 Å². The zero-order valence-electron chi connectivity index (χ0n) is 10.7. The van der Waals surface area contributed by atoms with Gasteiger partial charge in [0.15, 0.2) is 5.78 Å². The number of Topliss-reactive ketones (excluding diaryl/α,β-unsaturated/α-hetero) is 1. The normalized spacial score (nSPS) is 11.6. The number of methoxy groups -OCH3 is 1. The van der Waals surface area contributed by atoms with Crippen LogP contribution in [0, 0.1) is 18.3 Å². The molecular weight excluding hydrogens is 258 g/mol. The topological polar surface area (TPSA) is 50.1 Å². The van der Waals surface area contributed by atoms with Gasteiger partial charge in [0.1, 0.15) is 11.7 Å². The summed E-state index contributed by atoms with van der Waals surface area (Å²) in [5, 5.41) is 11.1. The van der Waals surface area contributed by atoms with E-state index >= 15 is 0 Å². The Bertz CT molecular complexity index is 640. The van der Waals surface area contributed by atoms with Crippen LogP contribution in [0.1, 0.15) is 26.7 Å². The number of benzene rings is 1. The predicted octanol–water partition coefficient (Wildman–Crippen LogP) is 3.56. The number of hydrogen-bond acceptors (Lipinski definition) is 4. The first-order chi connectivity index (χ1) is 9.17. The van der Waals surface area contributed by atoms with Crippen LogP contribution in [0.2, 0.25) is 0 Å². The molecule has 0 aliphatic carbocycles. The molecule has 0 N–H and O–H groups in total. The zero-order valence-corrected chi connectivity index (χ0v) is 11.5. The SMILES string of the molecule is COc1csc(C(=O)C(C#N)c2ccccc2C)c1. The molecule has 19 heavy (non-hydrogen) atoms. The summed E-state index contributed by atoms with van der Waals surface area (Å²) in [6, 6.07) is 11.2. The summed E-state index contributed by atoms with van der Waals surface area (Å²) in [5.74, 6) is -0.288. The number of hydrogen-bond donors (Lipinski definition) is 0. The molecule has 2 aromatic rings. The molecule has 0 aliphatic heterocycles. The second-order valence-electron chi connectivity index (χ2n) is 4.13. The third kappa shape index (κ3) is 2.67. The minimum absolute atomic E-state index is 0.176. The molecule has 0 saturated carbocycles. The lowest BCUT2D eigenvalue weighted by molar-refractivity contribution is 0.0982. The predicted molar refractivity (Wildman–Crippen MR) is 74.7 cm³/mol. The molecule has 4 heteroatoms. The molecule has 2 rings (SSSR count). The van der Waals surface area contributed by atoms with Crippen molar-refractivity contribution in [2.24, 2.45) is 0 Å². The second kappa shape index (κ2) is 5.68. The summed E-state index contributed by atoms with van der Waals surface area (Å²) >= 11 is 1.30. The van der Waals surface area contributed by atoms with E-state index in [0.717, 1.165) is 11.1 Å². The highest BCUT2D eigenvalue weighted by atomic mass is 32.1. The standard InChI is InChI=1S/C15H13NO2S/c1-10-5-3-4-6-12(10)13(8-16)15(17)14-7-11(18-2)9-19-14/h3-7,9,13H,1-2H3. The van der Waals surface area contributed by atoms with Crippen molar-refractivity contribution in [3.8, 4) is 11.8 Å². The Labute approximate surface area is 116 Å². The van der Waals surface area contributed by atoms with Crippen LogP contribution in [-0.4, -0.2) is 12.9 Å². The molecule has 0 spiro atoms. The molecule has 0 aliphatic rings. The molecular formula is C15H13NO2S. The van der Waals surface area contributed by atoms with Crippen molar-refractivity contribution in [1.29, 1.82) is 5.26 Å². The van der Waals surface area contributed by atoms with Gasteiger partial charge in [-0.1, -0.05) is 24.3 Å². The van der Waals surface area contributed by atoms with E-state index in [-0.39, 0.29) is 5.78 Å². The number of ketones is 1. The second-order valence-corrected chi connectivity index (χ2v) is 5.04. The molecule has 0 amide bonds. The molecule has 1 aromatic carbocycles. The first-order valence-electron chi connectivity index (χ1n) is 5.79. The van der Waals surface area contributed by atoms with Gasteiger partial charge in [0.25, 0.3) is 0 Å². The maximum absolute atomic E-state index is 12.4. The Balaban J connectivity index is 2.35. The van der Waals surface area contributed by atoms with Crippen LogP contribution < -0.4 is 4.74 Å². The van der Waals surface area contributed by atoms with E-state index < -0.39 is 5.92 Å². The van der Waals surface area contributed by atoms with E-state index in [1.807, 2.05) is 31.2 Å². The Morgan fingerprint density at radius 3 is 2.74 bits per heavy atom. The summed E-state index contributed by atoms with van der Waals surface area (Å²) in [7, 11) is 1.55. The molecule has 3 nitrogen and oxygen atoms in total. The number of nitriles is 1. The third-order valence-corrected chi connectivity index (χ3v) is 3.87. The van der Waals surface area contributed by atoms with Crippen LogP contribution in [0.4, 0.5) is 0 Å². The van der Waals surface area contributed by atoms with Crippen molar-refractivity contribution in [3.63, 3.8) is 0 Å². The van der Waals surface area contributed by atoms with Gasteiger partial charge in [0, 0.05) is 11.4 Å². The average Bonchev–Trinajstić information content (AvgIpc) is 2.90. The summed E-state index contributed by atoms with van der Waals surface area (Å²) in [6.07, 6.45) is 0. The lowest BCUT2D eigenvalue weighted by atomic mass is 9.92. The highest BCUT2D eigenvalue weighted by molar-refractivity contribution is 7.12. The minimum Gasteiger partial charge on any atom is -0.496 e. The Hall–Kier alpha value is -2.12.